The maximum absolute atomic E-state index is 13.3. The van der Waals surface area contributed by atoms with Crippen LogP contribution in [-0.4, -0.2) is 11.0 Å². The fraction of sp³-hybridized carbons (Fsp3) is 0. The van der Waals surface area contributed by atoms with Gasteiger partial charge in [-0.15, -0.1) is 0 Å². The molecular weight excluding hydrogens is 264 g/mol. The van der Waals surface area contributed by atoms with Crippen LogP contribution in [0.1, 0.15) is 5.56 Å². The van der Waals surface area contributed by atoms with Crippen molar-refractivity contribution in [1.82, 2.24) is 0 Å². The van der Waals surface area contributed by atoms with Gasteiger partial charge in [0.15, 0.2) is 0 Å². The Bertz CT molecular complexity index is 631. The molecule has 0 heterocycles. The molecule has 0 atom stereocenters. The molecule has 5 heteroatoms. The summed E-state index contributed by atoms with van der Waals surface area (Å²) in [7, 11) is 0. The van der Waals surface area contributed by atoms with Crippen molar-refractivity contribution in [2.24, 2.45) is 0 Å². The topological polar surface area (TPSA) is 49.3 Å². The first-order valence-corrected chi connectivity index (χ1v) is 5.78. The maximum atomic E-state index is 13.3. The number of rotatable bonds is 3. The van der Waals surface area contributed by atoms with E-state index in [9.17, 15) is 13.6 Å². The van der Waals surface area contributed by atoms with E-state index in [2.05, 4.69) is 5.32 Å². The van der Waals surface area contributed by atoms with Crippen LogP contribution in [0.25, 0.3) is 6.08 Å². The number of carbonyl (C=O) groups excluding carboxylic acids is 1. The molecule has 2 aromatic rings. The summed E-state index contributed by atoms with van der Waals surface area (Å²) in [6.07, 6.45) is 2.62. The molecule has 2 rings (SSSR count). The van der Waals surface area contributed by atoms with Gasteiger partial charge in [0.05, 0.1) is 0 Å². The van der Waals surface area contributed by atoms with Crippen LogP contribution < -0.4 is 5.32 Å². The highest BCUT2D eigenvalue weighted by atomic mass is 19.1. The molecular formula is C15H11F2NO2. The Balaban J connectivity index is 2.07. The number of amides is 1. The summed E-state index contributed by atoms with van der Waals surface area (Å²) in [6.45, 7) is 0. The maximum Gasteiger partial charge on any atom is 0.248 e. The molecule has 0 aromatic heterocycles. The summed E-state index contributed by atoms with van der Waals surface area (Å²) in [4.78, 5) is 11.6. The lowest BCUT2D eigenvalue weighted by molar-refractivity contribution is -0.111. The number of phenols is 1. The Morgan fingerprint density at radius 3 is 2.25 bits per heavy atom. The lowest BCUT2D eigenvalue weighted by Gasteiger charge is -2.04. The van der Waals surface area contributed by atoms with Crippen molar-refractivity contribution in [3.8, 4) is 5.75 Å². The molecule has 0 fully saturated rings. The number of hydrogen-bond donors (Lipinski definition) is 2. The fourth-order valence-corrected chi connectivity index (χ4v) is 1.54. The first-order valence-electron chi connectivity index (χ1n) is 5.78. The highest BCUT2D eigenvalue weighted by Gasteiger charge is 2.09. The number of hydrogen-bond acceptors (Lipinski definition) is 2. The third-order valence-corrected chi connectivity index (χ3v) is 2.53. The fourth-order valence-electron chi connectivity index (χ4n) is 1.54. The first-order chi connectivity index (χ1) is 9.56. The smallest absolute Gasteiger partial charge is 0.248 e. The summed E-state index contributed by atoms with van der Waals surface area (Å²) >= 11 is 0. The normalized spacial score (nSPS) is 10.7. The Morgan fingerprint density at radius 2 is 1.65 bits per heavy atom. The molecule has 2 aromatic carbocycles. The van der Waals surface area contributed by atoms with Crippen LogP contribution in [0.15, 0.2) is 48.5 Å². The van der Waals surface area contributed by atoms with Gasteiger partial charge in [-0.3, -0.25) is 4.79 Å². The highest BCUT2D eigenvalue weighted by molar-refractivity contribution is 6.02. The molecule has 0 aliphatic rings. The number of benzene rings is 2. The number of halogens is 2. The van der Waals surface area contributed by atoms with Gasteiger partial charge in [0, 0.05) is 6.08 Å². The van der Waals surface area contributed by atoms with Gasteiger partial charge in [-0.05, 0) is 35.9 Å². The second-order valence-corrected chi connectivity index (χ2v) is 4.01. The Hall–Kier alpha value is -2.69. The van der Waals surface area contributed by atoms with Crippen molar-refractivity contribution in [3.63, 3.8) is 0 Å². The van der Waals surface area contributed by atoms with Crippen molar-refractivity contribution >= 4 is 17.7 Å². The van der Waals surface area contributed by atoms with Gasteiger partial charge >= 0.3 is 0 Å². The van der Waals surface area contributed by atoms with Crippen molar-refractivity contribution in [3.05, 3.63) is 65.7 Å². The average molecular weight is 275 g/mol. The van der Waals surface area contributed by atoms with Crippen molar-refractivity contribution in [2.75, 3.05) is 5.32 Å². The molecule has 0 bridgehead atoms. The van der Waals surface area contributed by atoms with E-state index in [0.717, 1.165) is 18.2 Å². The highest BCUT2D eigenvalue weighted by Crippen LogP contribution is 2.18. The lowest BCUT2D eigenvalue weighted by Crippen LogP contribution is -2.10. The van der Waals surface area contributed by atoms with Crippen molar-refractivity contribution < 1.29 is 18.7 Å². The monoisotopic (exact) mass is 275 g/mol. The summed E-state index contributed by atoms with van der Waals surface area (Å²) in [5.74, 6) is -2.21. The molecule has 102 valence electrons. The van der Waals surface area contributed by atoms with E-state index < -0.39 is 23.2 Å². The number of carbonyl (C=O) groups is 1. The van der Waals surface area contributed by atoms with Crippen LogP contribution >= 0.6 is 0 Å². The van der Waals surface area contributed by atoms with Crippen LogP contribution in [0, 0.1) is 11.6 Å². The minimum Gasteiger partial charge on any atom is -0.508 e. The molecule has 0 saturated carbocycles. The summed E-state index contributed by atoms with van der Waals surface area (Å²) in [5.41, 5.74) is 0.194. The zero-order valence-corrected chi connectivity index (χ0v) is 10.3. The molecule has 3 nitrogen and oxygen atoms in total. The van der Waals surface area contributed by atoms with Crippen LogP contribution in [0.2, 0.25) is 0 Å². The van der Waals surface area contributed by atoms with Gasteiger partial charge in [-0.25, -0.2) is 8.78 Å². The van der Waals surface area contributed by atoms with E-state index in [1.165, 1.54) is 24.3 Å². The van der Waals surface area contributed by atoms with E-state index >= 15 is 0 Å². The van der Waals surface area contributed by atoms with Crippen molar-refractivity contribution in [2.45, 2.75) is 0 Å². The van der Waals surface area contributed by atoms with E-state index in [1.54, 1.807) is 12.1 Å². The van der Waals surface area contributed by atoms with Crippen LogP contribution in [0.3, 0.4) is 0 Å². The molecule has 1 amide bonds. The molecule has 20 heavy (non-hydrogen) atoms. The van der Waals surface area contributed by atoms with Crippen molar-refractivity contribution in [1.29, 1.82) is 0 Å². The predicted molar refractivity (Wildman–Crippen MR) is 72.1 cm³/mol. The third kappa shape index (κ3) is 3.41. The Morgan fingerprint density at radius 1 is 1.05 bits per heavy atom. The molecule has 2 N–H and O–H groups in total. The average Bonchev–Trinajstić information content (AvgIpc) is 2.42. The molecule has 0 aliphatic heterocycles. The SMILES string of the molecule is O=C(/C=C/c1ccc(O)cc1)Nc1c(F)cccc1F. The van der Waals surface area contributed by atoms with Crippen LogP contribution in [0.4, 0.5) is 14.5 Å². The second-order valence-electron chi connectivity index (χ2n) is 4.01. The zero-order valence-electron chi connectivity index (χ0n) is 10.3. The van der Waals surface area contributed by atoms with Crippen LogP contribution in [-0.2, 0) is 4.79 Å². The first kappa shape index (κ1) is 13.7. The molecule has 0 saturated heterocycles. The number of anilines is 1. The number of aromatic hydroxyl groups is 1. The largest absolute Gasteiger partial charge is 0.508 e. The van der Waals surface area contributed by atoms with Gasteiger partial charge in [-0.1, -0.05) is 18.2 Å². The lowest BCUT2D eigenvalue weighted by atomic mass is 10.2. The number of nitrogens with one attached hydrogen (secondary N) is 1. The number of phenolic OH excluding ortho intramolecular Hbond substituents is 1. The van der Waals surface area contributed by atoms with E-state index in [4.69, 9.17) is 5.11 Å². The van der Waals surface area contributed by atoms with E-state index in [1.807, 2.05) is 0 Å². The molecule has 0 unspecified atom stereocenters. The van der Waals surface area contributed by atoms with E-state index in [0.29, 0.717) is 5.56 Å². The van der Waals surface area contributed by atoms with Gasteiger partial charge < -0.3 is 10.4 Å². The minimum atomic E-state index is -0.837. The molecule has 0 radical (unpaired) electrons. The van der Waals surface area contributed by atoms with Gasteiger partial charge in [0.25, 0.3) is 0 Å². The summed E-state index contributed by atoms with van der Waals surface area (Å²) in [5, 5.41) is 11.2. The van der Waals surface area contributed by atoms with Gasteiger partial charge in [-0.2, -0.15) is 0 Å². The Labute approximate surface area is 114 Å². The van der Waals surface area contributed by atoms with E-state index in [-0.39, 0.29) is 5.75 Å². The predicted octanol–water partition coefficient (Wildman–Crippen LogP) is 3.32. The summed E-state index contributed by atoms with van der Waals surface area (Å²) < 4.78 is 26.6. The standard InChI is InChI=1S/C15H11F2NO2/c16-12-2-1-3-13(17)15(12)18-14(20)9-6-10-4-7-11(19)8-5-10/h1-9,19H,(H,18,20)/b9-6+. The zero-order chi connectivity index (χ0) is 14.5. The molecule has 0 aliphatic carbocycles. The van der Waals surface area contributed by atoms with Gasteiger partial charge in [0.1, 0.15) is 23.1 Å². The van der Waals surface area contributed by atoms with Gasteiger partial charge in [0.2, 0.25) is 5.91 Å². The summed E-state index contributed by atoms with van der Waals surface area (Å²) in [6, 6.07) is 9.46. The quantitative estimate of drug-likeness (QED) is 0.844. The third-order valence-electron chi connectivity index (χ3n) is 2.53. The van der Waals surface area contributed by atoms with Crippen LogP contribution in [0.5, 0.6) is 5.75 Å². The second kappa shape index (κ2) is 5.97. The Kier molecular flexibility index (Phi) is 4.10. The number of para-hydroxylation sites is 1. The molecule has 0 spiro atoms. The minimum absolute atomic E-state index is 0.111.